The van der Waals surface area contributed by atoms with Crippen LogP contribution < -0.4 is 10.1 Å². The third-order valence-corrected chi connectivity index (χ3v) is 2.11. The number of carbonyl (C=O) groups is 2. The van der Waals surface area contributed by atoms with Gasteiger partial charge in [-0.05, 0) is 19.1 Å². The third-order valence-electron chi connectivity index (χ3n) is 2.11. The number of hydrogen-bond donors (Lipinski definition) is 2. The molecule has 1 aromatic carbocycles. The number of amides is 1. The standard InChI is InChI=1S/C12H15NO4/c1-8-3-5-10(6-4-8)17-7-11(12(15)16)13-9(2)14/h3-6,11H,7H2,1-2H3,(H,13,14)(H,15,16). The summed E-state index contributed by atoms with van der Waals surface area (Å²) in [6.07, 6.45) is 0. The van der Waals surface area contributed by atoms with Crippen LogP contribution in [0.4, 0.5) is 0 Å². The number of nitrogens with one attached hydrogen (secondary N) is 1. The summed E-state index contributed by atoms with van der Waals surface area (Å²) in [4.78, 5) is 21.6. The molecule has 0 aliphatic heterocycles. The molecule has 0 aliphatic carbocycles. The van der Waals surface area contributed by atoms with E-state index in [-0.39, 0.29) is 6.61 Å². The van der Waals surface area contributed by atoms with E-state index in [1.165, 1.54) is 6.92 Å². The molecule has 17 heavy (non-hydrogen) atoms. The summed E-state index contributed by atoms with van der Waals surface area (Å²) >= 11 is 0. The summed E-state index contributed by atoms with van der Waals surface area (Å²) in [6.45, 7) is 3.11. The zero-order chi connectivity index (χ0) is 12.8. The highest BCUT2D eigenvalue weighted by atomic mass is 16.5. The van der Waals surface area contributed by atoms with Gasteiger partial charge in [0, 0.05) is 6.92 Å². The monoisotopic (exact) mass is 237 g/mol. The van der Waals surface area contributed by atoms with Gasteiger partial charge in [-0.1, -0.05) is 17.7 Å². The van der Waals surface area contributed by atoms with Crippen LogP contribution in [-0.4, -0.2) is 29.6 Å². The maximum Gasteiger partial charge on any atom is 0.329 e. The molecule has 1 unspecified atom stereocenters. The van der Waals surface area contributed by atoms with Gasteiger partial charge in [-0.15, -0.1) is 0 Å². The lowest BCUT2D eigenvalue weighted by Crippen LogP contribution is -2.43. The van der Waals surface area contributed by atoms with E-state index in [2.05, 4.69) is 5.32 Å². The lowest BCUT2D eigenvalue weighted by molar-refractivity contribution is -0.142. The van der Waals surface area contributed by atoms with E-state index in [4.69, 9.17) is 9.84 Å². The van der Waals surface area contributed by atoms with Crippen LogP contribution in [-0.2, 0) is 9.59 Å². The molecule has 0 aliphatic rings. The molecule has 92 valence electrons. The number of benzene rings is 1. The van der Waals surface area contributed by atoms with Crippen molar-refractivity contribution in [1.29, 1.82) is 0 Å². The molecule has 1 aromatic rings. The van der Waals surface area contributed by atoms with Crippen LogP contribution in [0.5, 0.6) is 5.75 Å². The molecule has 2 N–H and O–H groups in total. The number of ether oxygens (including phenoxy) is 1. The second-order valence-electron chi connectivity index (χ2n) is 3.72. The molecule has 1 amide bonds. The Bertz CT molecular complexity index is 399. The number of carboxylic acids is 1. The van der Waals surface area contributed by atoms with Gasteiger partial charge >= 0.3 is 5.97 Å². The summed E-state index contributed by atoms with van der Waals surface area (Å²) in [5.41, 5.74) is 1.09. The number of aryl methyl sites for hydroxylation is 1. The number of carbonyl (C=O) groups excluding carboxylic acids is 1. The van der Waals surface area contributed by atoms with Crippen molar-refractivity contribution < 1.29 is 19.4 Å². The number of carboxylic acid groups (broad SMARTS) is 1. The van der Waals surface area contributed by atoms with Crippen LogP contribution >= 0.6 is 0 Å². The molecule has 0 saturated heterocycles. The molecular weight excluding hydrogens is 222 g/mol. The van der Waals surface area contributed by atoms with Gasteiger partial charge in [0.15, 0.2) is 6.04 Å². The van der Waals surface area contributed by atoms with Gasteiger partial charge < -0.3 is 15.2 Å². The fourth-order valence-electron chi connectivity index (χ4n) is 1.23. The predicted octanol–water partition coefficient (Wildman–Crippen LogP) is 0.963. The highest BCUT2D eigenvalue weighted by Gasteiger charge is 2.18. The molecule has 1 rings (SSSR count). The second-order valence-corrected chi connectivity index (χ2v) is 3.72. The van der Waals surface area contributed by atoms with Gasteiger partial charge in [0.25, 0.3) is 0 Å². The molecule has 5 nitrogen and oxygen atoms in total. The van der Waals surface area contributed by atoms with Gasteiger partial charge in [-0.2, -0.15) is 0 Å². The molecule has 0 heterocycles. The quantitative estimate of drug-likeness (QED) is 0.799. The number of hydrogen-bond acceptors (Lipinski definition) is 3. The molecule has 1 atom stereocenters. The zero-order valence-corrected chi connectivity index (χ0v) is 9.77. The maximum atomic E-state index is 10.8. The summed E-state index contributed by atoms with van der Waals surface area (Å²) in [7, 11) is 0. The Morgan fingerprint density at radius 3 is 2.41 bits per heavy atom. The number of rotatable bonds is 5. The highest BCUT2D eigenvalue weighted by molar-refractivity contribution is 5.82. The Hall–Kier alpha value is -2.04. The summed E-state index contributed by atoms with van der Waals surface area (Å²) < 4.78 is 5.29. The minimum Gasteiger partial charge on any atom is -0.491 e. The van der Waals surface area contributed by atoms with Gasteiger partial charge in [0.05, 0.1) is 0 Å². The van der Waals surface area contributed by atoms with Gasteiger partial charge in [-0.3, -0.25) is 4.79 Å². The second kappa shape index (κ2) is 5.89. The predicted molar refractivity (Wildman–Crippen MR) is 61.9 cm³/mol. The average Bonchev–Trinajstić information content (AvgIpc) is 2.25. The van der Waals surface area contributed by atoms with Crippen molar-refractivity contribution in [2.24, 2.45) is 0 Å². The van der Waals surface area contributed by atoms with Crippen molar-refractivity contribution in [2.75, 3.05) is 6.61 Å². The lowest BCUT2D eigenvalue weighted by atomic mass is 10.2. The Labute approximate surface area is 99.4 Å². The Balaban J connectivity index is 2.54. The Morgan fingerprint density at radius 1 is 1.35 bits per heavy atom. The molecule has 0 radical (unpaired) electrons. The van der Waals surface area contributed by atoms with Crippen LogP contribution in [0.25, 0.3) is 0 Å². The van der Waals surface area contributed by atoms with Crippen LogP contribution in [0.2, 0.25) is 0 Å². The van der Waals surface area contributed by atoms with E-state index >= 15 is 0 Å². The normalized spacial score (nSPS) is 11.6. The van der Waals surface area contributed by atoms with Crippen molar-refractivity contribution in [3.63, 3.8) is 0 Å². The molecule has 0 saturated carbocycles. The number of aliphatic carboxylic acids is 1. The molecular formula is C12H15NO4. The van der Waals surface area contributed by atoms with E-state index in [0.717, 1.165) is 5.56 Å². The van der Waals surface area contributed by atoms with Crippen molar-refractivity contribution >= 4 is 11.9 Å². The van der Waals surface area contributed by atoms with E-state index < -0.39 is 17.9 Å². The van der Waals surface area contributed by atoms with Crippen LogP contribution in [0.1, 0.15) is 12.5 Å². The lowest BCUT2D eigenvalue weighted by Gasteiger charge is -2.14. The fourth-order valence-corrected chi connectivity index (χ4v) is 1.23. The Morgan fingerprint density at radius 2 is 1.94 bits per heavy atom. The zero-order valence-electron chi connectivity index (χ0n) is 9.77. The third kappa shape index (κ3) is 4.55. The van der Waals surface area contributed by atoms with Crippen LogP contribution in [0.15, 0.2) is 24.3 Å². The van der Waals surface area contributed by atoms with Crippen molar-refractivity contribution in [1.82, 2.24) is 5.32 Å². The molecule has 0 spiro atoms. The summed E-state index contributed by atoms with van der Waals surface area (Å²) in [6, 6.07) is 6.20. The van der Waals surface area contributed by atoms with E-state index in [1.807, 2.05) is 19.1 Å². The van der Waals surface area contributed by atoms with Crippen molar-refractivity contribution in [3.8, 4) is 5.75 Å². The van der Waals surface area contributed by atoms with Gasteiger partial charge in [0.2, 0.25) is 5.91 Å². The molecule has 0 bridgehead atoms. The average molecular weight is 237 g/mol. The van der Waals surface area contributed by atoms with Gasteiger partial charge in [-0.25, -0.2) is 4.79 Å². The van der Waals surface area contributed by atoms with Crippen molar-refractivity contribution in [2.45, 2.75) is 19.9 Å². The molecule has 0 aromatic heterocycles. The van der Waals surface area contributed by atoms with E-state index in [0.29, 0.717) is 5.75 Å². The van der Waals surface area contributed by atoms with E-state index in [1.54, 1.807) is 12.1 Å². The van der Waals surface area contributed by atoms with E-state index in [9.17, 15) is 9.59 Å². The summed E-state index contributed by atoms with van der Waals surface area (Å²) in [5, 5.41) is 11.1. The topological polar surface area (TPSA) is 75.6 Å². The SMILES string of the molecule is CC(=O)NC(COc1ccc(C)cc1)C(=O)O. The molecule has 0 fully saturated rings. The first kappa shape index (κ1) is 13.0. The van der Waals surface area contributed by atoms with Gasteiger partial charge in [0.1, 0.15) is 12.4 Å². The first-order valence-electron chi connectivity index (χ1n) is 5.18. The minimum atomic E-state index is -1.12. The Kier molecular flexibility index (Phi) is 4.51. The van der Waals surface area contributed by atoms with Crippen molar-refractivity contribution in [3.05, 3.63) is 29.8 Å². The first-order chi connectivity index (χ1) is 7.99. The fraction of sp³-hybridized carbons (Fsp3) is 0.333. The first-order valence-corrected chi connectivity index (χ1v) is 5.18. The smallest absolute Gasteiger partial charge is 0.329 e. The minimum absolute atomic E-state index is 0.0992. The highest BCUT2D eigenvalue weighted by Crippen LogP contribution is 2.11. The van der Waals surface area contributed by atoms with Crippen LogP contribution in [0.3, 0.4) is 0 Å². The summed E-state index contributed by atoms with van der Waals surface area (Å²) in [5.74, 6) is -0.940. The maximum absolute atomic E-state index is 10.8. The molecule has 5 heteroatoms. The largest absolute Gasteiger partial charge is 0.491 e. The van der Waals surface area contributed by atoms with Crippen LogP contribution in [0, 0.1) is 6.92 Å².